The van der Waals surface area contributed by atoms with Crippen LogP contribution in [0.1, 0.15) is 29.5 Å². The molecular formula is C14H17N3S. The van der Waals surface area contributed by atoms with Gasteiger partial charge < -0.3 is 0 Å². The Kier molecular flexibility index (Phi) is 3.67. The first-order valence-electron chi connectivity index (χ1n) is 6.43. The average Bonchev–Trinajstić information content (AvgIpc) is 2.94. The minimum Gasteiger partial charge on any atom is -0.297 e. The van der Waals surface area contributed by atoms with E-state index in [0.717, 1.165) is 18.8 Å². The summed E-state index contributed by atoms with van der Waals surface area (Å²) in [6.07, 6.45) is 6.32. The molecule has 3 rings (SSSR count). The zero-order valence-corrected chi connectivity index (χ0v) is 11.1. The van der Waals surface area contributed by atoms with Gasteiger partial charge in [-0.2, -0.15) is 0 Å². The summed E-state index contributed by atoms with van der Waals surface area (Å²) in [6, 6.07) is 6.13. The van der Waals surface area contributed by atoms with E-state index in [4.69, 9.17) is 0 Å². The SMILES string of the molecule is c1ccc(CN2CCCC(c3nccs3)C2)nc1. The molecule has 1 fully saturated rings. The Hall–Kier alpha value is -1.26. The Labute approximate surface area is 112 Å². The number of pyridine rings is 1. The maximum absolute atomic E-state index is 4.46. The van der Waals surface area contributed by atoms with Crippen LogP contribution in [-0.4, -0.2) is 28.0 Å². The van der Waals surface area contributed by atoms with Crippen LogP contribution in [0.2, 0.25) is 0 Å². The summed E-state index contributed by atoms with van der Waals surface area (Å²) in [5.74, 6) is 0.613. The van der Waals surface area contributed by atoms with Crippen LogP contribution in [0.15, 0.2) is 36.0 Å². The predicted molar refractivity (Wildman–Crippen MR) is 73.6 cm³/mol. The first kappa shape index (κ1) is 11.8. The molecule has 4 heteroatoms. The number of rotatable bonds is 3. The van der Waals surface area contributed by atoms with Crippen molar-refractivity contribution in [2.24, 2.45) is 0 Å². The van der Waals surface area contributed by atoms with E-state index in [1.54, 1.807) is 11.3 Å². The number of aromatic nitrogens is 2. The van der Waals surface area contributed by atoms with E-state index in [1.807, 2.05) is 18.5 Å². The molecule has 0 saturated carbocycles. The standard InChI is InChI=1S/C14H17N3S/c1-2-6-15-13(5-1)11-17-8-3-4-12(10-17)14-16-7-9-18-14/h1-2,5-7,9,12H,3-4,8,10-11H2. The molecule has 18 heavy (non-hydrogen) atoms. The summed E-state index contributed by atoms with van der Waals surface area (Å²) >= 11 is 1.78. The third-order valence-corrected chi connectivity index (χ3v) is 4.36. The summed E-state index contributed by atoms with van der Waals surface area (Å²) in [5, 5.41) is 3.37. The highest BCUT2D eigenvalue weighted by Crippen LogP contribution is 2.28. The molecule has 0 N–H and O–H groups in total. The van der Waals surface area contributed by atoms with E-state index < -0.39 is 0 Å². The second-order valence-corrected chi connectivity index (χ2v) is 5.69. The lowest BCUT2D eigenvalue weighted by Gasteiger charge is -2.31. The molecular weight excluding hydrogens is 242 g/mol. The van der Waals surface area contributed by atoms with Crippen molar-refractivity contribution in [3.05, 3.63) is 46.7 Å². The number of piperidine rings is 1. The quantitative estimate of drug-likeness (QED) is 0.848. The maximum atomic E-state index is 4.46. The van der Waals surface area contributed by atoms with E-state index in [-0.39, 0.29) is 0 Å². The number of thiazole rings is 1. The maximum Gasteiger partial charge on any atom is 0.0968 e. The lowest BCUT2D eigenvalue weighted by atomic mass is 9.98. The molecule has 0 aromatic carbocycles. The van der Waals surface area contributed by atoms with Gasteiger partial charge in [0.05, 0.1) is 10.7 Å². The zero-order valence-electron chi connectivity index (χ0n) is 10.3. The van der Waals surface area contributed by atoms with E-state index in [0.29, 0.717) is 5.92 Å². The monoisotopic (exact) mass is 259 g/mol. The van der Waals surface area contributed by atoms with Crippen LogP contribution in [0, 0.1) is 0 Å². The first-order chi connectivity index (χ1) is 8.92. The van der Waals surface area contributed by atoms with Crippen LogP contribution in [0.25, 0.3) is 0 Å². The molecule has 0 aliphatic carbocycles. The molecule has 3 nitrogen and oxygen atoms in total. The molecule has 0 spiro atoms. The Bertz CT molecular complexity index is 469. The molecule has 0 amide bonds. The van der Waals surface area contributed by atoms with Gasteiger partial charge in [-0.3, -0.25) is 9.88 Å². The fraction of sp³-hybridized carbons (Fsp3) is 0.429. The summed E-state index contributed by atoms with van der Waals surface area (Å²) in [5.41, 5.74) is 1.16. The van der Waals surface area contributed by atoms with Crippen LogP contribution >= 0.6 is 11.3 Å². The summed E-state index contributed by atoms with van der Waals surface area (Å²) in [4.78, 5) is 11.4. The van der Waals surface area contributed by atoms with Gasteiger partial charge >= 0.3 is 0 Å². The Balaban J connectivity index is 1.64. The van der Waals surface area contributed by atoms with Crippen molar-refractivity contribution in [1.29, 1.82) is 0 Å². The lowest BCUT2D eigenvalue weighted by molar-refractivity contribution is 0.198. The smallest absolute Gasteiger partial charge is 0.0968 e. The van der Waals surface area contributed by atoms with Crippen molar-refractivity contribution in [3.63, 3.8) is 0 Å². The van der Waals surface area contributed by atoms with Gasteiger partial charge in [0.15, 0.2) is 0 Å². The van der Waals surface area contributed by atoms with Crippen LogP contribution < -0.4 is 0 Å². The molecule has 1 atom stereocenters. The molecule has 3 heterocycles. The van der Waals surface area contributed by atoms with Crippen LogP contribution in [0.3, 0.4) is 0 Å². The predicted octanol–water partition coefficient (Wildman–Crippen LogP) is 2.92. The molecule has 2 aromatic rings. The van der Waals surface area contributed by atoms with Crippen molar-refractivity contribution >= 4 is 11.3 Å². The zero-order chi connectivity index (χ0) is 12.2. The summed E-state index contributed by atoms with van der Waals surface area (Å²) in [7, 11) is 0. The van der Waals surface area contributed by atoms with Gasteiger partial charge in [0.2, 0.25) is 0 Å². The highest BCUT2D eigenvalue weighted by molar-refractivity contribution is 7.09. The molecule has 1 unspecified atom stereocenters. The van der Waals surface area contributed by atoms with Gasteiger partial charge in [-0.1, -0.05) is 6.07 Å². The van der Waals surface area contributed by atoms with Gasteiger partial charge in [-0.25, -0.2) is 4.98 Å². The molecule has 1 aliphatic heterocycles. The average molecular weight is 259 g/mol. The second-order valence-electron chi connectivity index (χ2n) is 4.77. The van der Waals surface area contributed by atoms with Crippen molar-refractivity contribution in [1.82, 2.24) is 14.9 Å². The van der Waals surface area contributed by atoms with E-state index >= 15 is 0 Å². The highest BCUT2D eigenvalue weighted by Gasteiger charge is 2.23. The highest BCUT2D eigenvalue weighted by atomic mass is 32.1. The number of nitrogens with zero attached hydrogens (tertiary/aromatic N) is 3. The van der Waals surface area contributed by atoms with Crippen molar-refractivity contribution in [2.75, 3.05) is 13.1 Å². The van der Waals surface area contributed by atoms with E-state index in [2.05, 4.69) is 32.4 Å². The van der Waals surface area contributed by atoms with E-state index in [1.165, 1.54) is 24.4 Å². The van der Waals surface area contributed by atoms with Crippen LogP contribution in [0.4, 0.5) is 0 Å². The minimum atomic E-state index is 0.613. The Morgan fingerprint density at radius 3 is 3.06 bits per heavy atom. The van der Waals surface area contributed by atoms with Crippen molar-refractivity contribution in [2.45, 2.75) is 25.3 Å². The molecule has 0 radical (unpaired) electrons. The molecule has 1 saturated heterocycles. The number of likely N-dealkylation sites (tertiary alicyclic amines) is 1. The fourth-order valence-electron chi connectivity index (χ4n) is 2.56. The van der Waals surface area contributed by atoms with Gasteiger partial charge in [-0.15, -0.1) is 11.3 Å². The van der Waals surface area contributed by atoms with Gasteiger partial charge in [0, 0.05) is 36.8 Å². The van der Waals surface area contributed by atoms with Crippen molar-refractivity contribution < 1.29 is 0 Å². The van der Waals surface area contributed by atoms with Crippen LogP contribution in [-0.2, 0) is 6.54 Å². The van der Waals surface area contributed by atoms with E-state index in [9.17, 15) is 0 Å². The largest absolute Gasteiger partial charge is 0.297 e. The molecule has 2 aromatic heterocycles. The first-order valence-corrected chi connectivity index (χ1v) is 7.31. The van der Waals surface area contributed by atoms with Gasteiger partial charge in [0.1, 0.15) is 0 Å². The van der Waals surface area contributed by atoms with Crippen LogP contribution in [0.5, 0.6) is 0 Å². The summed E-state index contributed by atoms with van der Waals surface area (Å²) in [6.45, 7) is 3.26. The fourth-order valence-corrected chi connectivity index (χ4v) is 3.33. The topological polar surface area (TPSA) is 29.0 Å². The molecule has 1 aliphatic rings. The molecule has 94 valence electrons. The minimum absolute atomic E-state index is 0.613. The Morgan fingerprint density at radius 2 is 2.28 bits per heavy atom. The third-order valence-electron chi connectivity index (χ3n) is 3.42. The summed E-state index contributed by atoms with van der Waals surface area (Å²) < 4.78 is 0. The number of hydrogen-bond donors (Lipinski definition) is 0. The second kappa shape index (κ2) is 5.59. The Morgan fingerprint density at radius 1 is 1.28 bits per heavy atom. The normalized spacial score (nSPS) is 21.0. The van der Waals surface area contributed by atoms with Crippen molar-refractivity contribution in [3.8, 4) is 0 Å². The number of hydrogen-bond acceptors (Lipinski definition) is 4. The lowest BCUT2D eigenvalue weighted by Crippen LogP contribution is -2.34. The van der Waals surface area contributed by atoms with Gasteiger partial charge in [-0.05, 0) is 31.5 Å². The molecule has 0 bridgehead atoms. The van der Waals surface area contributed by atoms with Gasteiger partial charge in [0.25, 0.3) is 0 Å². The third kappa shape index (κ3) is 2.76.